The molecule has 2 amide bonds. The number of rotatable bonds is 9. The molecule has 2 aliphatic rings. The van der Waals surface area contributed by atoms with Crippen LogP contribution in [0.1, 0.15) is 64.9 Å². The van der Waals surface area contributed by atoms with Gasteiger partial charge >= 0.3 is 12.1 Å². The minimum atomic E-state index is -0.860. The summed E-state index contributed by atoms with van der Waals surface area (Å²) in [5.41, 5.74) is 7.17. The van der Waals surface area contributed by atoms with Crippen LogP contribution in [0.25, 0.3) is 11.3 Å². The van der Waals surface area contributed by atoms with E-state index in [1.165, 1.54) is 15.8 Å². The van der Waals surface area contributed by atoms with E-state index in [4.69, 9.17) is 38.4 Å². The molecule has 2 unspecified atom stereocenters. The number of anilines is 2. The summed E-state index contributed by atoms with van der Waals surface area (Å²) in [6.07, 6.45) is 8.38. The highest BCUT2D eigenvalue weighted by Gasteiger charge is 2.40. The molecule has 3 aromatic rings. The van der Waals surface area contributed by atoms with Crippen LogP contribution in [-0.4, -0.2) is 73.0 Å². The molecule has 1 saturated carbocycles. The van der Waals surface area contributed by atoms with Crippen LogP contribution in [0.15, 0.2) is 36.8 Å². The third-order valence-corrected chi connectivity index (χ3v) is 8.69. The lowest BCUT2D eigenvalue weighted by Gasteiger charge is -2.39. The van der Waals surface area contributed by atoms with E-state index in [1.54, 1.807) is 51.4 Å². The molecule has 2 atom stereocenters. The molecule has 13 nitrogen and oxygen atoms in total. The van der Waals surface area contributed by atoms with E-state index in [-0.39, 0.29) is 49.9 Å². The van der Waals surface area contributed by atoms with Crippen molar-refractivity contribution in [2.75, 3.05) is 17.6 Å². The van der Waals surface area contributed by atoms with Crippen LogP contribution in [0.3, 0.4) is 0 Å². The van der Waals surface area contributed by atoms with E-state index in [0.29, 0.717) is 39.1 Å². The van der Waals surface area contributed by atoms with Crippen molar-refractivity contribution >= 4 is 52.8 Å². The number of halogens is 2. The van der Waals surface area contributed by atoms with Gasteiger partial charge in [0.15, 0.2) is 11.6 Å². The summed E-state index contributed by atoms with van der Waals surface area (Å²) in [5, 5.41) is 11.5. The molecule has 0 spiro atoms. The van der Waals surface area contributed by atoms with Crippen LogP contribution in [0.2, 0.25) is 10.0 Å². The lowest BCUT2D eigenvalue weighted by molar-refractivity contribution is -0.157. The van der Waals surface area contributed by atoms with Gasteiger partial charge in [-0.25, -0.2) is 19.6 Å². The quantitative estimate of drug-likeness (QED) is 0.254. The average molecular weight is 688 g/mol. The molecule has 3 heterocycles. The third-order valence-electron chi connectivity index (χ3n) is 7.98. The molecule has 0 radical (unpaired) electrons. The number of nitrogens with one attached hydrogen (secondary N) is 2. The zero-order valence-electron chi connectivity index (χ0n) is 26.7. The molecule has 2 aromatic heterocycles. The Hall–Kier alpha value is -4.10. The Morgan fingerprint density at radius 2 is 1.81 bits per heavy atom. The number of hydrogen-bond donors (Lipinski definition) is 3. The fraction of sp³-hybridized carbons (Fsp3) is 0.500. The van der Waals surface area contributed by atoms with Gasteiger partial charge in [0.1, 0.15) is 24.3 Å². The maximum Gasteiger partial charge on any atom is 0.411 e. The second-order valence-corrected chi connectivity index (χ2v) is 13.6. The molecular weight excluding hydrogens is 647 g/mol. The number of nitrogens with two attached hydrogens (primary N) is 1. The number of carbonyl (C=O) groups excluding carboxylic acids is 3. The highest BCUT2D eigenvalue weighted by atomic mass is 35.5. The van der Waals surface area contributed by atoms with Gasteiger partial charge in [-0.15, -0.1) is 0 Å². The Bertz CT molecular complexity index is 1580. The highest BCUT2D eigenvalue weighted by molar-refractivity contribution is 6.36. The van der Waals surface area contributed by atoms with Crippen LogP contribution < -0.4 is 16.4 Å². The first-order chi connectivity index (χ1) is 22.4. The summed E-state index contributed by atoms with van der Waals surface area (Å²) >= 11 is 12.6. The van der Waals surface area contributed by atoms with Crippen LogP contribution >= 0.6 is 23.2 Å². The van der Waals surface area contributed by atoms with Gasteiger partial charge in [0.05, 0.1) is 18.1 Å². The van der Waals surface area contributed by atoms with Crippen molar-refractivity contribution in [2.24, 2.45) is 0 Å². The van der Waals surface area contributed by atoms with Crippen molar-refractivity contribution in [1.29, 1.82) is 0 Å². The van der Waals surface area contributed by atoms with Gasteiger partial charge in [-0.1, -0.05) is 29.3 Å². The van der Waals surface area contributed by atoms with Crippen molar-refractivity contribution < 1.29 is 23.9 Å². The molecule has 1 saturated heterocycles. The Balaban J connectivity index is 1.20. The van der Waals surface area contributed by atoms with Crippen molar-refractivity contribution in [2.45, 2.75) is 96.2 Å². The summed E-state index contributed by atoms with van der Waals surface area (Å²) in [6, 6.07) is 4.05. The lowest BCUT2D eigenvalue weighted by Crippen LogP contribution is -2.56. The molecule has 2 fully saturated rings. The number of esters is 1. The SMILES string of the molecule is CC(C)(C)OC(=O)N1CCC(NC(=O)Cn2cc(-c3cnc(N)c(NCc4c(Cl)cccc4Cl)n3)cn2)CC1C(=O)OC1CCCC1. The van der Waals surface area contributed by atoms with E-state index in [2.05, 4.69) is 25.7 Å². The molecular formula is C32H40Cl2N8O5. The number of ether oxygens (including phenoxy) is 2. The fourth-order valence-electron chi connectivity index (χ4n) is 5.65. The predicted molar refractivity (Wildman–Crippen MR) is 178 cm³/mol. The van der Waals surface area contributed by atoms with Crippen molar-refractivity contribution in [1.82, 2.24) is 30.0 Å². The molecule has 252 valence electrons. The summed E-state index contributed by atoms with van der Waals surface area (Å²) in [6.45, 7) is 5.79. The van der Waals surface area contributed by atoms with Gasteiger partial charge in [0.2, 0.25) is 5.91 Å². The maximum absolute atomic E-state index is 13.2. The molecule has 0 bridgehead atoms. The van der Waals surface area contributed by atoms with Crippen molar-refractivity contribution in [3.8, 4) is 11.3 Å². The molecule has 5 rings (SSSR count). The van der Waals surface area contributed by atoms with E-state index >= 15 is 0 Å². The van der Waals surface area contributed by atoms with Gasteiger partial charge < -0.3 is 25.8 Å². The second-order valence-electron chi connectivity index (χ2n) is 12.8. The second kappa shape index (κ2) is 14.8. The first-order valence-corrected chi connectivity index (χ1v) is 16.4. The van der Waals surface area contributed by atoms with Gasteiger partial charge in [-0.3, -0.25) is 14.4 Å². The normalized spacial score (nSPS) is 18.5. The number of hydrogen-bond acceptors (Lipinski definition) is 10. The summed E-state index contributed by atoms with van der Waals surface area (Å²) in [7, 11) is 0. The van der Waals surface area contributed by atoms with E-state index < -0.39 is 23.7 Å². The average Bonchev–Trinajstić information content (AvgIpc) is 3.69. The largest absolute Gasteiger partial charge is 0.461 e. The summed E-state index contributed by atoms with van der Waals surface area (Å²) < 4.78 is 12.8. The van der Waals surface area contributed by atoms with Crippen LogP contribution in [0.4, 0.5) is 16.4 Å². The highest BCUT2D eigenvalue weighted by Crippen LogP contribution is 2.28. The monoisotopic (exact) mass is 686 g/mol. The van der Waals surface area contributed by atoms with Crippen molar-refractivity contribution in [3.05, 3.63) is 52.4 Å². The van der Waals surface area contributed by atoms with Gasteiger partial charge in [-0.2, -0.15) is 5.10 Å². The van der Waals surface area contributed by atoms with Gasteiger partial charge in [0.25, 0.3) is 0 Å². The first kappa shape index (κ1) is 34.2. The fourth-order valence-corrected chi connectivity index (χ4v) is 6.18. The minimum Gasteiger partial charge on any atom is -0.461 e. The van der Waals surface area contributed by atoms with Crippen LogP contribution in [0.5, 0.6) is 0 Å². The van der Waals surface area contributed by atoms with Crippen LogP contribution in [-0.2, 0) is 32.2 Å². The summed E-state index contributed by atoms with van der Waals surface area (Å²) in [4.78, 5) is 49.6. The zero-order valence-corrected chi connectivity index (χ0v) is 28.2. The number of nitrogen functional groups attached to an aromatic ring is 1. The minimum absolute atomic E-state index is 0.0675. The molecule has 1 aliphatic carbocycles. The molecule has 1 aromatic carbocycles. The Morgan fingerprint density at radius 3 is 2.51 bits per heavy atom. The first-order valence-electron chi connectivity index (χ1n) is 15.7. The van der Waals surface area contributed by atoms with E-state index in [0.717, 1.165) is 25.7 Å². The third kappa shape index (κ3) is 9.04. The Morgan fingerprint density at radius 1 is 1.09 bits per heavy atom. The summed E-state index contributed by atoms with van der Waals surface area (Å²) in [5.74, 6) is -0.206. The van der Waals surface area contributed by atoms with E-state index in [1.807, 2.05) is 0 Å². The Kier molecular flexibility index (Phi) is 10.8. The lowest BCUT2D eigenvalue weighted by atomic mass is 9.97. The zero-order chi connectivity index (χ0) is 33.7. The van der Waals surface area contributed by atoms with Gasteiger partial charge in [0, 0.05) is 46.5 Å². The van der Waals surface area contributed by atoms with Crippen molar-refractivity contribution in [3.63, 3.8) is 0 Å². The number of carbonyl (C=O) groups is 3. The number of aromatic nitrogens is 4. The number of nitrogens with zero attached hydrogens (tertiary/aromatic N) is 5. The van der Waals surface area contributed by atoms with Crippen LogP contribution in [0, 0.1) is 0 Å². The van der Waals surface area contributed by atoms with E-state index in [9.17, 15) is 14.4 Å². The Labute approximate surface area is 283 Å². The topological polar surface area (TPSA) is 167 Å². The predicted octanol–water partition coefficient (Wildman–Crippen LogP) is 5.21. The molecule has 1 aliphatic heterocycles. The molecule has 4 N–H and O–H groups in total. The van der Waals surface area contributed by atoms with Gasteiger partial charge in [-0.05, 0) is 71.4 Å². The number of benzene rings is 1. The maximum atomic E-state index is 13.2. The number of piperidine rings is 1. The number of amides is 2. The number of likely N-dealkylation sites (tertiary alicyclic amines) is 1. The molecule has 15 heteroatoms. The molecule has 47 heavy (non-hydrogen) atoms. The standard InChI is InChI=1S/C32H40Cl2N8O5/c1-32(2,3)47-31(45)42-12-11-20(13-26(42)30(44)46-21-7-4-5-8-21)39-27(43)18-41-17-19(14-38-41)25-16-36-28(35)29(40-25)37-15-22-23(33)9-6-10-24(22)34/h6,9-10,14,16-17,20-21,26H,4-5,7-8,11-13,15,18H2,1-3H3,(H2,35,36)(H,37,40)(H,39,43). The smallest absolute Gasteiger partial charge is 0.411 e.